The molecule has 0 unspecified atom stereocenters. The Morgan fingerprint density at radius 2 is 2.04 bits per heavy atom. The fourth-order valence-corrected chi connectivity index (χ4v) is 3.32. The summed E-state index contributed by atoms with van der Waals surface area (Å²) in [4.78, 5) is 4.65. The highest BCUT2D eigenvalue weighted by Gasteiger charge is 2.19. The van der Waals surface area contributed by atoms with Gasteiger partial charge in [-0.1, -0.05) is 23.7 Å². The molecule has 0 saturated carbocycles. The number of anilines is 1. The third-order valence-electron chi connectivity index (χ3n) is 4.43. The molecular formula is C17H22ClN5S. The number of aryl methyl sites for hydroxylation is 1. The number of hydrogen-bond donors (Lipinski definition) is 1. The molecule has 0 radical (unpaired) electrons. The predicted molar refractivity (Wildman–Crippen MR) is 102 cm³/mol. The van der Waals surface area contributed by atoms with Crippen LogP contribution in [0.1, 0.15) is 11.3 Å². The van der Waals surface area contributed by atoms with Crippen molar-refractivity contribution >= 4 is 34.6 Å². The Bertz CT molecular complexity index is 722. The highest BCUT2D eigenvalue weighted by molar-refractivity contribution is 7.80. The summed E-state index contributed by atoms with van der Waals surface area (Å²) in [6.45, 7) is 6.77. The molecule has 0 spiro atoms. The predicted octanol–water partition coefficient (Wildman–Crippen LogP) is 2.90. The molecule has 0 amide bonds. The molecule has 1 saturated heterocycles. The van der Waals surface area contributed by atoms with Crippen LogP contribution >= 0.6 is 23.8 Å². The van der Waals surface area contributed by atoms with Crippen molar-refractivity contribution < 1.29 is 0 Å². The summed E-state index contributed by atoms with van der Waals surface area (Å²) < 4.78 is 1.84. The monoisotopic (exact) mass is 363 g/mol. The van der Waals surface area contributed by atoms with E-state index in [0.29, 0.717) is 0 Å². The van der Waals surface area contributed by atoms with Gasteiger partial charge in [-0.25, -0.2) is 0 Å². The van der Waals surface area contributed by atoms with E-state index in [-0.39, 0.29) is 0 Å². The quantitative estimate of drug-likeness (QED) is 0.848. The van der Waals surface area contributed by atoms with Gasteiger partial charge in [0.1, 0.15) is 0 Å². The van der Waals surface area contributed by atoms with Crippen molar-refractivity contribution in [1.82, 2.24) is 19.6 Å². The summed E-state index contributed by atoms with van der Waals surface area (Å²) in [7, 11) is 1.93. The summed E-state index contributed by atoms with van der Waals surface area (Å²) in [6, 6.07) is 8.07. The average Bonchev–Trinajstić information content (AvgIpc) is 2.87. The number of hydrogen-bond acceptors (Lipinski definition) is 3. The van der Waals surface area contributed by atoms with Gasteiger partial charge in [0.25, 0.3) is 0 Å². The number of rotatable bonds is 3. The number of aromatic nitrogens is 2. The van der Waals surface area contributed by atoms with Crippen molar-refractivity contribution in [3.8, 4) is 0 Å². The zero-order valence-electron chi connectivity index (χ0n) is 14.0. The molecule has 2 heterocycles. The van der Waals surface area contributed by atoms with Crippen molar-refractivity contribution in [2.75, 3.05) is 31.5 Å². The molecule has 1 fully saturated rings. The topological polar surface area (TPSA) is 36.3 Å². The van der Waals surface area contributed by atoms with Gasteiger partial charge in [-0.2, -0.15) is 5.10 Å². The van der Waals surface area contributed by atoms with E-state index in [1.54, 1.807) is 0 Å². The van der Waals surface area contributed by atoms with E-state index >= 15 is 0 Å². The van der Waals surface area contributed by atoms with Crippen LogP contribution in [0.4, 0.5) is 5.69 Å². The van der Waals surface area contributed by atoms with Gasteiger partial charge in [0.05, 0.1) is 17.6 Å². The van der Waals surface area contributed by atoms with Crippen LogP contribution in [0.15, 0.2) is 30.5 Å². The summed E-state index contributed by atoms with van der Waals surface area (Å²) in [5.74, 6) is 0. The molecule has 1 aliphatic heterocycles. The summed E-state index contributed by atoms with van der Waals surface area (Å²) in [5, 5.41) is 9.11. The summed E-state index contributed by atoms with van der Waals surface area (Å²) in [5.41, 5.74) is 3.31. The zero-order valence-corrected chi connectivity index (χ0v) is 15.6. The molecule has 7 heteroatoms. The smallest absolute Gasteiger partial charge is 0.173 e. The molecule has 1 aromatic carbocycles. The molecule has 0 aliphatic carbocycles. The molecule has 0 bridgehead atoms. The lowest BCUT2D eigenvalue weighted by Gasteiger charge is -2.36. The number of halogens is 1. The van der Waals surface area contributed by atoms with Gasteiger partial charge in [0.15, 0.2) is 5.11 Å². The molecule has 1 N–H and O–H groups in total. The van der Waals surface area contributed by atoms with Crippen LogP contribution < -0.4 is 5.32 Å². The molecule has 24 heavy (non-hydrogen) atoms. The van der Waals surface area contributed by atoms with Gasteiger partial charge < -0.3 is 10.2 Å². The fourth-order valence-electron chi connectivity index (χ4n) is 2.82. The Balaban J connectivity index is 1.51. The number of piperazine rings is 1. The molecule has 3 rings (SSSR count). The Labute approximate surface area is 153 Å². The fraction of sp³-hybridized carbons (Fsp3) is 0.412. The normalized spacial score (nSPS) is 15.5. The second-order valence-electron chi connectivity index (χ2n) is 6.09. The number of nitrogens with one attached hydrogen (secondary N) is 1. The number of thiocarbonyl (C=S) groups is 1. The molecule has 1 aromatic heterocycles. The first kappa shape index (κ1) is 17.2. The molecule has 1 aliphatic rings. The minimum atomic E-state index is 0.772. The van der Waals surface area contributed by atoms with Crippen LogP contribution in [0.3, 0.4) is 0 Å². The SMILES string of the molecule is Cc1c(NC(=S)N2CCN(Cc3cccc(Cl)c3)CC2)cnn1C. The maximum absolute atomic E-state index is 6.06. The van der Waals surface area contributed by atoms with Gasteiger partial charge in [0.2, 0.25) is 0 Å². The summed E-state index contributed by atoms with van der Waals surface area (Å²) >= 11 is 11.6. The van der Waals surface area contributed by atoms with Crippen molar-refractivity contribution in [3.05, 3.63) is 46.7 Å². The standard InChI is InChI=1S/C17H22ClN5S/c1-13-16(11-19-21(13)2)20-17(24)23-8-6-22(7-9-23)12-14-4-3-5-15(18)10-14/h3-5,10-11H,6-9,12H2,1-2H3,(H,20,24). The Morgan fingerprint density at radius 1 is 1.29 bits per heavy atom. The van der Waals surface area contributed by atoms with Gasteiger partial charge in [-0.05, 0) is 36.8 Å². The highest BCUT2D eigenvalue weighted by Crippen LogP contribution is 2.16. The van der Waals surface area contributed by atoms with E-state index in [0.717, 1.165) is 54.2 Å². The highest BCUT2D eigenvalue weighted by atomic mass is 35.5. The Hall–Kier alpha value is -1.63. The largest absolute Gasteiger partial charge is 0.346 e. The second-order valence-corrected chi connectivity index (χ2v) is 6.91. The molecule has 0 atom stereocenters. The van der Waals surface area contributed by atoms with Gasteiger partial charge >= 0.3 is 0 Å². The van der Waals surface area contributed by atoms with Crippen molar-refractivity contribution in [2.24, 2.45) is 7.05 Å². The van der Waals surface area contributed by atoms with Crippen LogP contribution in [0.5, 0.6) is 0 Å². The Kier molecular flexibility index (Phi) is 5.38. The number of benzene rings is 1. The first-order valence-electron chi connectivity index (χ1n) is 8.04. The molecule has 5 nitrogen and oxygen atoms in total. The zero-order chi connectivity index (χ0) is 17.1. The number of nitrogens with zero attached hydrogens (tertiary/aromatic N) is 4. The van der Waals surface area contributed by atoms with E-state index in [4.69, 9.17) is 23.8 Å². The lowest BCUT2D eigenvalue weighted by molar-refractivity contribution is 0.177. The van der Waals surface area contributed by atoms with Crippen LogP contribution in [0.25, 0.3) is 0 Å². The lowest BCUT2D eigenvalue weighted by atomic mass is 10.2. The maximum Gasteiger partial charge on any atom is 0.173 e. The molecule has 2 aromatic rings. The van der Waals surface area contributed by atoms with Crippen LogP contribution in [0.2, 0.25) is 5.02 Å². The van der Waals surface area contributed by atoms with Crippen molar-refractivity contribution in [3.63, 3.8) is 0 Å². The van der Waals surface area contributed by atoms with Gasteiger partial charge in [-0.3, -0.25) is 9.58 Å². The van der Waals surface area contributed by atoms with Gasteiger partial charge in [-0.15, -0.1) is 0 Å². The first-order valence-corrected chi connectivity index (χ1v) is 8.83. The van der Waals surface area contributed by atoms with E-state index in [1.165, 1.54) is 5.56 Å². The Morgan fingerprint density at radius 3 is 2.67 bits per heavy atom. The van der Waals surface area contributed by atoms with E-state index < -0.39 is 0 Å². The average molecular weight is 364 g/mol. The molecule has 128 valence electrons. The van der Waals surface area contributed by atoms with E-state index in [1.807, 2.05) is 43.0 Å². The van der Waals surface area contributed by atoms with E-state index in [9.17, 15) is 0 Å². The molecular weight excluding hydrogens is 342 g/mol. The minimum Gasteiger partial charge on any atom is -0.346 e. The third-order valence-corrected chi connectivity index (χ3v) is 5.03. The maximum atomic E-state index is 6.06. The summed E-state index contributed by atoms with van der Waals surface area (Å²) in [6.07, 6.45) is 1.82. The third kappa shape index (κ3) is 4.06. The van der Waals surface area contributed by atoms with Crippen LogP contribution in [0, 0.1) is 6.92 Å². The van der Waals surface area contributed by atoms with Crippen molar-refractivity contribution in [1.29, 1.82) is 0 Å². The van der Waals surface area contributed by atoms with Crippen LogP contribution in [-0.4, -0.2) is 50.9 Å². The van der Waals surface area contributed by atoms with Gasteiger partial charge in [0, 0.05) is 44.8 Å². The minimum absolute atomic E-state index is 0.772. The van der Waals surface area contributed by atoms with Crippen molar-refractivity contribution in [2.45, 2.75) is 13.5 Å². The lowest BCUT2D eigenvalue weighted by Crippen LogP contribution is -2.49. The van der Waals surface area contributed by atoms with Crippen LogP contribution in [-0.2, 0) is 13.6 Å². The van der Waals surface area contributed by atoms with E-state index in [2.05, 4.69) is 26.3 Å². The first-order chi connectivity index (χ1) is 11.5. The second kappa shape index (κ2) is 7.51.